The van der Waals surface area contributed by atoms with E-state index in [1.54, 1.807) is 26.6 Å². The monoisotopic (exact) mass is 655 g/mol. The smallest absolute Gasteiger partial charge is 0.247 e. The van der Waals surface area contributed by atoms with Crippen molar-refractivity contribution in [3.8, 4) is 11.3 Å². The van der Waals surface area contributed by atoms with Crippen LogP contribution in [0.3, 0.4) is 0 Å². The highest BCUT2D eigenvalue weighted by Gasteiger charge is 2.35. The van der Waals surface area contributed by atoms with Gasteiger partial charge in [-0.25, -0.2) is 9.97 Å². The Kier molecular flexibility index (Phi) is 9.14. The van der Waals surface area contributed by atoms with Crippen LogP contribution in [0.4, 0.5) is 11.4 Å². The molecule has 5 aromatic rings. The first-order chi connectivity index (χ1) is 23.9. The molecular weight excluding hydrogens is 618 g/mol. The van der Waals surface area contributed by atoms with Crippen molar-refractivity contribution < 1.29 is 19.2 Å². The summed E-state index contributed by atoms with van der Waals surface area (Å²) in [6.45, 7) is 1.13. The third-order valence-corrected chi connectivity index (χ3v) is 9.17. The Morgan fingerprint density at radius 3 is 1.73 bits per heavy atom. The largest absolute Gasteiger partial charge is 0.330 e. The van der Waals surface area contributed by atoms with Gasteiger partial charge >= 0.3 is 0 Å². The zero-order chi connectivity index (χ0) is 33.7. The summed E-state index contributed by atoms with van der Waals surface area (Å²) in [5, 5.41) is 5.91. The van der Waals surface area contributed by atoms with E-state index < -0.39 is 12.1 Å². The lowest BCUT2D eigenvalue weighted by molar-refractivity contribution is -0.136. The van der Waals surface area contributed by atoms with E-state index in [1.165, 1.54) is 0 Å². The molecule has 2 aromatic heterocycles. The lowest BCUT2D eigenvalue weighted by Crippen LogP contribution is -2.43. The van der Waals surface area contributed by atoms with Gasteiger partial charge in [-0.15, -0.1) is 0 Å². The van der Waals surface area contributed by atoms with Crippen molar-refractivity contribution in [2.45, 2.75) is 50.6 Å². The van der Waals surface area contributed by atoms with Crippen molar-refractivity contribution in [1.82, 2.24) is 24.2 Å². The Balaban J connectivity index is 0.967. The van der Waals surface area contributed by atoms with Crippen molar-refractivity contribution in [3.63, 3.8) is 0 Å². The molecule has 3 aromatic carbocycles. The molecule has 11 heteroatoms. The Hall–Kier alpha value is -5.84. The molecule has 2 saturated heterocycles. The first-order valence-corrected chi connectivity index (χ1v) is 16.6. The fourth-order valence-electron chi connectivity index (χ4n) is 6.68. The van der Waals surface area contributed by atoms with E-state index in [0.29, 0.717) is 48.8 Å². The average molecular weight is 656 g/mol. The molecule has 0 unspecified atom stereocenters. The number of nitrogens with zero attached hydrogens (tertiary/aromatic N) is 5. The maximum absolute atomic E-state index is 13.3. The van der Waals surface area contributed by atoms with E-state index in [1.807, 2.05) is 91.1 Å². The first-order valence-electron chi connectivity index (χ1n) is 16.6. The number of imidazole rings is 1. The fourth-order valence-corrected chi connectivity index (χ4v) is 6.68. The minimum absolute atomic E-state index is 0.0446. The molecule has 0 aliphatic carbocycles. The molecule has 248 valence electrons. The van der Waals surface area contributed by atoms with Crippen molar-refractivity contribution >= 4 is 40.8 Å². The SMILES string of the molecule is O=C(Nc1ccc(-c2cn3cc(NC(=O)[C@@H]4CCCN4C(=O)Cc4ccccc4)cnc3n2)cc1)[C@@H]1CCCN1C(=O)Cc1ccccc1. The minimum atomic E-state index is -0.532. The number of benzene rings is 3. The number of hydrogen-bond donors (Lipinski definition) is 2. The molecule has 11 nitrogen and oxygen atoms in total. The predicted molar refractivity (Wildman–Crippen MR) is 185 cm³/mol. The van der Waals surface area contributed by atoms with Crippen molar-refractivity contribution in [3.05, 3.63) is 115 Å². The van der Waals surface area contributed by atoms with E-state index in [-0.39, 0.29) is 36.5 Å². The number of aromatic nitrogens is 3. The summed E-state index contributed by atoms with van der Waals surface area (Å²) in [7, 11) is 0. The van der Waals surface area contributed by atoms with Gasteiger partial charge in [-0.2, -0.15) is 0 Å². The van der Waals surface area contributed by atoms with Crippen LogP contribution in [0.5, 0.6) is 0 Å². The van der Waals surface area contributed by atoms with Gasteiger partial charge < -0.3 is 20.4 Å². The molecular formula is C38H37N7O4. The second-order valence-electron chi connectivity index (χ2n) is 12.5. The molecule has 0 radical (unpaired) electrons. The van der Waals surface area contributed by atoms with Gasteiger partial charge in [-0.1, -0.05) is 72.8 Å². The Morgan fingerprint density at radius 2 is 1.18 bits per heavy atom. The number of fused-ring (bicyclic) bond motifs is 1. The molecule has 2 atom stereocenters. The quantitative estimate of drug-likeness (QED) is 0.236. The van der Waals surface area contributed by atoms with Crippen LogP contribution >= 0.6 is 0 Å². The Bertz CT molecular complexity index is 1980. The van der Waals surface area contributed by atoms with Gasteiger partial charge in [-0.05, 0) is 48.9 Å². The first kappa shape index (κ1) is 31.7. The topological polar surface area (TPSA) is 129 Å². The molecule has 0 bridgehead atoms. The average Bonchev–Trinajstić information content (AvgIpc) is 3.90. The number of hydrogen-bond acceptors (Lipinski definition) is 6. The van der Waals surface area contributed by atoms with Crippen LogP contribution in [-0.2, 0) is 32.0 Å². The fraction of sp³-hybridized carbons (Fsp3) is 0.263. The second-order valence-corrected chi connectivity index (χ2v) is 12.5. The van der Waals surface area contributed by atoms with Gasteiger partial charge in [0, 0.05) is 36.7 Å². The Labute approximate surface area is 284 Å². The number of likely N-dealkylation sites (tertiary alicyclic amines) is 2. The highest BCUT2D eigenvalue weighted by atomic mass is 16.2. The van der Waals surface area contributed by atoms with Crippen molar-refractivity contribution in [2.24, 2.45) is 0 Å². The van der Waals surface area contributed by atoms with Crippen molar-refractivity contribution in [1.29, 1.82) is 0 Å². The normalized spacial score (nSPS) is 17.3. The molecule has 4 heterocycles. The van der Waals surface area contributed by atoms with Crippen LogP contribution in [0.2, 0.25) is 0 Å². The molecule has 4 amide bonds. The molecule has 2 aliphatic rings. The van der Waals surface area contributed by atoms with E-state index in [9.17, 15) is 19.2 Å². The van der Waals surface area contributed by atoms with Gasteiger partial charge in [0.15, 0.2) is 0 Å². The van der Waals surface area contributed by atoms with Crippen LogP contribution < -0.4 is 10.6 Å². The standard InChI is InChI=1S/C38H37N7O4/c46-34(21-26-9-3-1-4-10-26)44-19-7-13-32(44)36(48)40-29-17-15-28(16-18-29)31-25-43-24-30(23-39-38(43)42-31)41-37(49)33-14-8-20-45(33)35(47)22-27-11-5-2-6-12-27/h1-6,9-12,15-18,23-25,32-33H,7-8,13-14,19-22H2,(H,40,48)(H,41,49)/t32-,33-/m0/s1. The lowest BCUT2D eigenvalue weighted by atomic mass is 10.1. The van der Waals surface area contributed by atoms with Crippen LogP contribution in [0.25, 0.3) is 17.0 Å². The highest BCUT2D eigenvalue weighted by molar-refractivity contribution is 5.98. The zero-order valence-electron chi connectivity index (χ0n) is 27.0. The summed E-state index contributed by atoms with van der Waals surface area (Å²) in [6.07, 6.45) is 8.48. The predicted octanol–water partition coefficient (Wildman–Crippen LogP) is 4.74. The molecule has 0 spiro atoms. The number of amides is 4. The highest BCUT2D eigenvalue weighted by Crippen LogP contribution is 2.25. The summed E-state index contributed by atoms with van der Waals surface area (Å²) >= 11 is 0. The molecule has 7 rings (SSSR count). The lowest BCUT2D eigenvalue weighted by Gasteiger charge is -2.24. The summed E-state index contributed by atoms with van der Waals surface area (Å²) in [5.74, 6) is -0.0697. The third kappa shape index (κ3) is 7.20. The summed E-state index contributed by atoms with van der Waals surface area (Å²) in [5.41, 5.74) is 4.49. The van der Waals surface area contributed by atoms with Gasteiger partial charge in [0.2, 0.25) is 29.4 Å². The van der Waals surface area contributed by atoms with Gasteiger partial charge in [0.25, 0.3) is 0 Å². The van der Waals surface area contributed by atoms with Crippen LogP contribution in [-0.4, -0.2) is 73.0 Å². The number of nitrogens with one attached hydrogen (secondary N) is 2. The second kappa shape index (κ2) is 14.1. The molecule has 0 saturated carbocycles. The number of rotatable bonds is 9. The summed E-state index contributed by atoms with van der Waals surface area (Å²) in [4.78, 5) is 64.9. The number of anilines is 2. The molecule has 2 N–H and O–H groups in total. The van der Waals surface area contributed by atoms with E-state index in [4.69, 9.17) is 0 Å². The summed E-state index contributed by atoms with van der Waals surface area (Å²) < 4.78 is 1.74. The van der Waals surface area contributed by atoms with Gasteiger partial charge in [0.05, 0.1) is 30.4 Å². The van der Waals surface area contributed by atoms with E-state index >= 15 is 0 Å². The minimum Gasteiger partial charge on any atom is -0.330 e. The van der Waals surface area contributed by atoms with Crippen LogP contribution in [0.15, 0.2) is 104 Å². The maximum atomic E-state index is 13.3. The summed E-state index contributed by atoms with van der Waals surface area (Å²) in [6, 6.07) is 25.5. The van der Waals surface area contributed by atoms with Crippen LogP contribution in [0, 0.1) is 0 Å². The molecule has 49 heavy (non-hydrogen) atoms. The van der Waals surface area contributed by atoms with Crippen LogP contribution in [0.1, 0.15) is 36.8 Å². The van der Waals surface area contributed by atoms with Gasteiger partial charge in [0.1, 0.15) is 12.1 Å². The number of carbonyl (C=O) groups is 4. The Morgan fingerprint density at radius 1 is 0.653 bits per heavy atom. The van der Waals surface area contributed by atoms with E-state index in [2.05, 4.69) is 20.6 Å². The third-order valence-electron chi connectivity index (χ3n) is 9.17. The maximum Gasteiger partial charge on any atom is 0.247 e. The molecule has 2 fully saturated rings. The van der Waals surface area contributed by atoms with E-state index in [0.717, 1.165) is 29.5 Å². The zero-order valence-corrected chi connectivity index (χ0v) is 27.0. The van der Waals surface area contributed by atoms with Crippen molar-refractivity contribution in [2.75, 3.05) is 23.7 Å². The molecule has 2 aliphatic heterocycles. The number of carbonyl (C=O) groups excluding carboxylic acids is 4. The van der Waals surface area contributed by atoms with Gasteiger partial charge in [-0.3, -0.25) is 23.6 Å².